The molecule has 1 heterocycles. The van der Waals surface area contributed by atoms with Crippen molar-refractivity contribution in [2.24, 2.45) is 0 Å². The van der Waals surface area contributed by atoms with Gasteiger partial charge in [-0.25, -0.2) is 4.79 Å². The van der Waals surface area contributed by atoms with Gasteiger partial charge < -0.3 is 20.0 Å². The first-order valence-corrected chi connectivity index (χ1v) is 7.63. The Kier molecular flexibility index (Phi) is 8.07. The van der Waals surface area contributed by atoms with E-state index in [0.29, 0.717) is 5.56 Å². The average Bonchev–Trinajstić information content (AvgIpc) is 2.94. The number of unbranched alkanes of at least 4 members (excludes halogenated alkanes) is 2. The molecule has 0 fully saturated rings. The molecule has 22 heavy (non-hydrogen) atoms. The monoisotopic (exact) mass is 306 g/mol. The van der Waals surface area contributed by atoms with Crippen LogP contribution in [0.4, 0.5) is 0 Å². The number of carboxylic acids is 1. The van der Waals surface area contributed by atoms with Crippen molar-refractivity contribution in [3.8, 4) is 0 Å². The van der Waals surface area contributed by atoms with Crippen molar-refractivity contribution >= 4 is 5.97 Å². The highest BCUT2D eigenvalue weighted by atomic mass is 16.4. The van der Waals surface area contributed by atoms with Crippen molar-refractivity contribution in [3.05, 3.63) is 48.3 Å². The molecule has 5 nitrogen and oxygen atoms in total. The van der Waals surface area contributed by atoms with E-state index in [1.165, 1.54) is 25.8 Å². The van der Waals surface area contributed by atoms with E-state index in [9.17, 15) is 4.79 Å². The fourth-order valence-corrected chi connectivity index (χ4v) is 2.08. The minimum absolute atomic E-state index is 0.403. The van der Waals surface area contributed by atoms with Crippen LogP contribution in [0.1, 0.15) is 37.9 Å². The zero-order valence-electron chi connectivity index (χ0n) is 13.4. The van der Waals surface area contributed by atoms with Gasteiger partial charge in [-0.1, -0.05) is 50.1 Å². The van der Waals surface area contributed by atoms with E-state index < -0.39 is 12.1 Å². The molecule has 0 aliphatic carbocycles. The second kappa shape index (κ2) is 9.84. The van der Waals surface area contributed by atoms with Crippen molar-refractivity contribution in [1.29, 1.82) is 0 Å². The number of aliphatic carboxylic acids is 1. The second-order valence-electron chi connectivity index (χ2n) is 5.37. The number of nitrogens with zero attached hydrogens (tertiary/aromatic N) is 2. The summed E-state index contributed by atoms with van der Waals surface area (Å²) < 4.78 is 0. The van der Waals surface area contributed by atoms with Gasteiger partial charge in [-0.3, -0.25) is 0 Å². The molecule has 5 heteroatoms. The third kappa shape index (κ3) is 6.63. The average molecular weight is 306 g/mol. The smallest absolute Gasteiger partial charge is 0.337 e. The third-order valence-electron chi connectivity index (χ3n) is 3.33. The largest absolute Gasteiger partial charge is 0.479 e. The summed E-state index contributed by atoms with van der Waals surface area (Å²) in [5.74, 6) is -1.23. The van der Waals surface area contributed by atoms with E-state index in [1.807, 2.05) is 0 Å². The van der Waals surface area contributed by atoms with Crippen molar-refractivity contribution in [1.82, 2.24) is 9.80 Å². The van der Waals surface area contributed by atoms with Crippen molar-refractivity contribution in [2.75, 3.05) is 20.3 Å². The van der Waals surface area contributed by atoms with E-state index in [2.05, 4.69) is 36.2 Å². The van der Waals surface area contributed by atoms with Gasteiger partial charge in [-0.15, -0.1) is 0 Å². The van der Waals surface area contributed by atoms with E-state index in [1.54, 1.807) is 30.3 Å². The van der Waals surface area contributed by atoms with Crippen molar-refractivity contribution in [2.45, 2.75) is 32.3 Å². The Morgan fingerprint density at radius 2 is 1.91 bits per heavy atom. The van der Waals surface area contributed by atoms with Crippen LogP contribution in [-0.2, 0) is 4.79 Å². The molecule has 0 aromatic heterocycles. The summed E-state index contributed by atoms with van der Waals surface area (Å²) in [6.07, 6.45) is 6.90. The van der Waals surface area contributed by atoms with Gasteiger partial charge in [0.05, 0.1) is 6.67 Å². The molecule has 1 atom stereocenters. The van der Waals surface area contributed by atoms with Crippen LogP contribution >= 0.6 is 0 Å². The Hall–Kier alpha value is -2.01. The molecule has 2 N–H and O–H groups in total. The van der Waals surface area contributed by atoms with E-state index >= 15 is 0 Å². The molecule has 0 saturated heterocycles. The minimum atomic E-state index is -1.41. The lowest BCUT2D eigenvalue weighted by atomic mass is 10.1. The Balaban J connectivity index is 0.000000220. The summed E-state index contributed by atoms with van der Waals surface area (Å²) in [6, 6.07) is 8.26. The Labute approximate surface area is 132 Å². The number of carbonyl (C=O) groups is 1. The summed E-state index contributed by atoms with van der Waals surface area (Å²) in [4.78, 5) is 14.8. The zero-order chi connectivity index (χ0) is 16.4. The maximum absolute atomic E-state index is 10.2. The summed E-state index contributed by atoms with van der Waals surface area (Å²) in [5, 5.41) is 17.4. The molecule has 0 saturated carbocycles. The molecule has 2 rings (SSSR count). The highest BCUT2D eigenvalue weighted by Gasteiger charge is 2.14. The first-order valence-electron chi connectivity index (χ1n) is 7.63. The molecule has 122 valence electrons. The summed E-state index contributed by atoms with van der Waals surface area (Å²) in [7, 11) is 2.11. The number of carboxylic acid groups (broad SMARTS) is 1. The molecule has 0 unspecified atom stereocenters. The lowest BCUT2D eigenvalue weighted by molar-refractivity contribution is -0.146. The highest BCUT2D eigenvalue weighted by Crippen LogP contribution is 2.11. The van der Waals surface area contributed by atoms with Crippen LogP contribution in [0.3, 0.4) is 0 Å². The summed E-state index contributed by atoms with van der Waals surface area (Å²) in [5.41, 5.74) is 0.403. The predicted octanol–water partition coefficient (Wildman–Crippen LogP) is 2.66. The van der Waals surface area contributed by atoms with Gasteiger partial charge in [0.2, 0.25) is 0 Å². The van der Waals surface area contributed by atoms with Gasteiger partial charge in [0.15, 0.2) is 6.10 Å². The first-order chi connectivity index (χ1) is 10.5. The number of aliphatic hydroxyl groups is 1. The van der Waals surface area contributed by atoms with Crippen LogP contribution in [0.5, 0.6) is 0 Å². The fourth-order valence-electron chi connectivity index (χ4n) is 2.08. The van der Waals surface area contributed by atoms with E-state index in [0.717, 1.165) is 6.67 Å². The fraction of sp³-hybridized carbons (Fsp3) is 0.471. The van der Waals surface area contributed by atoms with E-state index in [-0.39, 0.29) is 0 Å². The third-order valence-corrected chi connectivity index (χ3v) is 3.33. The number of hydrogen-bond acceptors (Lipinski definition) is 4. The molecule has 1 aliphatic heterocycles. The van der Waals surface area contributed by atoms with Gasteiger partial charge in [0.1, 0.15) is 0 Å². The van der Waals surface area contributed by atoms with Crippen molar-refractivity contribution < 1.29 is 15.0 Å². The van der Waals surface area contributed by atoms with E-state index in [4.69, 9.17) is 10.2 Å². The van der Waals surface area contributed by atoms with Crippen LogP contribution in [0.15, 0.2) is 42.7 Å². The summed E-state index contributed by atoms with van der Waals surface area (Å²) in [6.45, 7) is 4.53. The topological polar surface area (TPSA) is 64.0 Å². The molecule has 1 aromatic carbocycles. The van der Waals surface area contributed by atoms with Gasteiger partial charge >= 0.3 is 5.97 Å². The molecule has 0 bridgehead atoms. The van der Waals surface area contributed by atoms with Gasteiger partial charge in [0, 0.05) is 26.0 Å². The predicted molar refractivity (Wildman–Crippen MR) is 87.0 cm³/mol. The molecular formula is C17H26N2O3. The first kappa shape index (κ1) is 18.0. The van der Waals surface area contributed by atoms with Gasteiger partial charge in [-0.2, -0.15) is 0 Å². The SMILES string of the molecule is CCCCCN1C=CN(C)C1.O=C(O)[C@H](O)c1ccccc1. The molecule has 1 aromatic rings. The number of aliphatic hydroxyl groups excluding tert-OH is 1. The molecule has 0 amide bonds. The lowest BCUT2D eigenvalue weighted by Crippen LogP contribution is -2.23. The minimum Gasteiger partial charge on any atom is -0.479 e. The molecule has 1 aliphatic rings. The maximum Gasteiger partial charge on any atom is 0.337 e. The number of rotatable bonds is 6. The molecule has 0 radical (unpaired) electrons. The normalized spacial score (nSPS) is 14.5. The zero-order valence-corrected chi connectivity index (χ0v) is 13.4. The lowest BCUT2D eigenvalue weighted by Gasteiger charge is -2.17. The van der Waals surface area contributed by atoms with Crippen LogP contribution in [0.2, 0.25) is 0 Å². The second-order valence-corrected chi connectivity index (χ2v) is 5.37. The molecular weight excluding hydrogens is 280 g/mol. The maximum atomic E-state index is 10.2. The van der Waals surface area contributed by atoms with Crippen LogP contribution in [0.25, 0.3) is 0 Å². The van der Waals surface area contributed by atoms with Crippen LogP contribution in [0, 0.1) is 0 Å². The quantitative estimate of drug-likeness (QED) is 0.791. The number of hydrogen-bond donors (Lipinski definition) is 2. The van der Waals surface area contributed by atoms with Crippen LogP contribution in [-0.4, -0.2) is 46.2 Å². The van der Waals surface area contributed by atoms with Crippen LogP contribution < -0.4 is 0 Å². The highest BCUT2D eigenvalue weighted by molar-refractivity contribution is 5.73. The van der Waals surface area contributed by atoms with Gasteiger partial charge in [0.25, 0.3) is 0 Å². The Morgan fingerprint density at radius 1 is 1.23 bits per heavy atom. The van der Waals surface area contributed by atoms with Crippen molar-refractivity contribution in [3.63, 3.8) is 0 Å². The Bertz CT molecular complexity index is 462. The number of benzene rings is 1. The summed E-state index contributed by atoms with van der Waals surface area (Å²) >= 11 is 0. The Morgan fingerprint density at radius 3 is 2.41 bits per heavy atom. The molecule has 0 spiro atoms. The standard InChI is InChI=1S/C9H18N2.C8H8O3/c1-3-4-5-6-11-8-7-10(2)9-11;9-7(8(10)11)6-4-2-1-3-5-6/h7-8H,3-6,9H2,1-2H3;1-5,7,9H,(H,10,11)/t;7-/m.1/s1. The van der Waals surface area contributed by atoms with Gasteiger partial charge in [-0.05, 0) is 12.0 Å².